The monoisotopic (exact) mass is 381 g/mol. The summed E-state index contributed by atoms with van der Waals surface area (Å²) in [4.78, 5) is 38.6. The summed E-state index contributed by atoms with van der Waals surface area (Å²) in [7, 11) is 1.55. The second kappa shape index (κ2) is 8.69. The molecule has 28 heavy (non-hydrogen) atoms. The number of methoxy groups -OCH3 is 1. The van der Waals surface area contributed by atoms with E-state index in [-0.39, 0.29) is 30.8 Å². The van der Waals surface area contributed by atoms with Crippen molar-refractivity contribution in [3.05, 3.63) is 65.7 Å². The minimum atomic E-state index is -0.553. The van der Waals surface area contributed by atoms with Gasteiger partial charge in [-0.2, -0.15) is 0 Å². The highest BCUT2D eigenvalue weighted by Crippen LogP contribution is 2.29. The molecule has 146 valence electrons. The van der Waals surface area contributed by atoms with Crippen molar-refractivity contribution in [2.24, 2.45) is 5.92 Å². The van der Waals surface area contributed by atoms with E-state index < -0.39 is 11.9 Å². The molecule has 2 aromatic carbocycles. The van der Waals surface area contributed by atoms with Gasteiger partial charge in [0, 0.05) is 18.5 Å². The molecule has 6 nitrogen and oxygen atoms in total. The van der Waals surface area contributed by atoms with E-state index in [0.29, 0.717) is 17.9 Å². The number of rotatable bonds is 7. The highest BCUT2D eigenvalue weighted by atomic mass is 16.5. The van der Waals surface area contributed by atoms with E-state index in [2.05, 4.69) is 0 Å². The summed E-state index contributed by atoms with van der Waals surface area (Å²) >= 11 is 0. The first-order valence-electron chi connectivity index (χ1n) is 9.18. The van der Waals surface area contributed by atoms with Crippen molar-refractivity contribution in [3.8, 4) is 5.75 Å². The van der Waals surface area contributed by atoms with Gasteiger partial charge in [0.15, 0.2) is 12.4 Å². The molecular weight excluding hydrogens is 358 g/mol. The number of ether oxygens (including phenoxy) is 2. The number of benzene rings is 2. The van der Waals surface area contributed by atoms with Crippen LogP contribution in [0.2, 0.25) is 0 Å². The zero-order valence-corrected chi connectivity index (χ0v) is 16.0. The predicted molar refractivity (Wildman–Crippen MR) is 103 cm³/mol. The molecule has 0 aromatic heterocycles. The number of Topliss-reactive ketones (excluding diaryl/α,β-unsaturated/α-hetero) is 1. The fourth-order valence-electron chi connectivity index (χ4n) is 3.29. The maximum Gasteiger partial charge on any atom is 0.311 e. The van der Waals surface area contributed by atoms with Gasteiger partial charge in [-0.3, -0.25) is 14.4 Å². The molecule has 1 aliphatic rings. The lowest BCUT2D eigenvalue weighted by molar-refractivity contribution is -0.147. The second-order valence-corrected chi connectivity index (χ2v) is 6.79. The van der Waals surface area contributed by atoms with Gasteiger partial charge in [-0.25, -0.2) is 0 Å². The van der Waals surface area contributed by atoms with Crippen molar-refractivity contribution >= 4 is 17.7 Å². The van der Waals surface area contributed by atoms with Gasteiger partial charge >= 0.3 is 5.97 Å². The topological polar surface area (TPSA) is 72.9 Å². The first kappa shape index (κ1) is 19.6. The average molecular weight is 381 g/mol. The largest absolute Gasteiger partial charge is 0.497 e. The summed E-state index contributed by atoms with van der Waals surface area (Å²) < 4.78 is 10.2. The number of likely N-dealkylation sites (tertiary alicyclic amines) is 1. The number of hydrogen-bond acceptors (Lipinski definition) is 5. The fourth-order valence-corrected chi connectivity index (χ4v) is 3.29. The maximum absolute atomic E-state index is 12.4. The first-order chi connectivity index (χ1) is 13.5. The molecule has 6 heteroatoms. The van der Waals surface area contributed by atoms with Crippen LogP contribution in [-0.4, -0.2) is 42.8 Å². The van der Waals surface area contributed by atoms with E-state index in [4.69, 9.17) is 9.47 Å². The zero-order chi connectivity index (χ0) is 20.1. The Morgan fingerprint density at radius 1 is 1.11 bits per heavy atom. The van der Waals surface area contributed by atoms with Crippen LogP contribution in [0.3, 0.4) is 0 Å². The number of ketones is 1. The van der Waals surface area contributed by atoms with Crippen molar-refractivity contribution in [1.82, 2.24) is 4.90 Å². The quantitative estimate of drug-likeness (QED) is 0.544. The molecule has 2 aromatic rings. The van der Waals surface area contributed by atoms with Crippen LogP contribution in [0.25, 0.3) is 0 Å². The summed E-state index contributed by atoms with van der Waals surface area (Å²) in [5.41, 5.74) is 1.45. The fraction of sp³-hybridized carbons (Fsp3) is 0.318. The molecule has 1 amide bonds. The highest BCUT2D eigenvalue weighted by Gasteiger charge is 2.38. The highest BCUT2D eigenvalue weighted by molar-refractivity contribution is 5.98. The lowest BCUT2D eigenvalue weighted by Gasteiger charge is -2.25. The molecule has 0 bridgehead atoms. The van der Waals surface area contributed by atoms with E-state index in [0.717, 1.165) is 5.56 Å². The lowest BCUT2D eigenvalue weighted by atomic mass is 10.1. The smallest absolute Gasteiger partial charge is 0.311 e. The Morgan fingerprint density at radius 2 is 1.79 bits per heavy atom. The van der Waals surface area contributed by atoms with Crippen LogP contribution in [0.15, 0.2) is 54.6 Å². The van der Waals surface area contributed by atoms with Gasteiger partial charge in [-0.15, -0.1) is 0 Å². The normalized spacial score (nSPS) is 17.3. The number of carbonyl (C=O) groups is 3. The van der Waals surface area contributed by atoms with Crippen LogP contribution in [-0.2, 0) is 14.3 Å². The molecule has 0 aliphatic carbocycles. The third-order valence-electron chi connectivity index (χ3n) is 5.00. The Hall–Kier alpha value is -3.15. The third-order valence-corrected chi connectivity index (χ3v) is 5.00. The Morgan fingerprint density at radius 3 is 2.43 bits per heavy atom. The molecule has 1 aliphatic heterocycles. The number of esters is 1. The Labute approximate surface area is 164 Å². The summed E-state index contributed by atoms with van der Waals surface area (Å²) in [5, 5.41) is 0. The van der Waals surface area contributed by atoms with E-state index in [1.54, 1.807) is 36.3 Å². The zero-order valence-electron chi connectivity index (χ0n) is 16.0. The molecule has 3 rings (SSSR count). The van der Waals surface area contributed by atoms with Crippen molar-refractivity contribution in [1.29, 1.82) is 0 Å². The van der Waals surface area contributed by atoms with Crippen LogP contribution >= 0.6 is 0 Å². The molecule has 1 saturated heterocycles. The standard InChI is InChI=1S/C22H23NO5/c1-15(16-6-4-3-5-7-16)23-13-18(12-21(23)25)22(26)28-14-20(24)17-8-10-19(27-2)11-9-17/h3-11,15,18H,12-14H2,1-2H3/t15-,18+/m0/s1. The van der Waals surface area contributed by atoms with E-state index >= 15 is 0 Å². The number of hydrogen-bond donors (Lipinski definition) is 0. The van der Waals surface area contributed by atoms with Crippen LogP contribution in [0.4, 0.5) is 0 Å². The van der Waals surface area contributed by atoms with E-state index in [1.165, 1.54) is 0 Å². The first-order valence-corrected chi connectivity index (χ1v) is 9.18. The van der Waals surface area contributed by atoms with Crippen LogP contribution in [0.5, 0.6) is 5.75 Å². The van der Waals surface area contributed by atoms with E-state index in [1.807, 2.05) is 37.3 Å². The molecule has 0 spiro atoms. The summed E-state index contributed by atoms with van der Waals surface area (Å²) in [6.45, 7) is 1.89. The number of nitrogens with zero attached hydrogens (tertiary/aromatic N) is 1. The number of carbonyl (C=O) groups excluding carboxylic acids is 3. The molecule has 0 unspecified atom stereocenters. The third kappa shape index (κ3) is 4.39. The van der Waals surface area contributed by atoms with Crippen LogP contribution < -0.4 is 4.74 Å². The minimum absolute atomic E-state index is 0.0835. The molecule has 1 heterocycles. The van der Waals surface area contributed by atoms with E-state index in [9.17, 15) is 14.4 Å². The van der Waals surface area contributed by atoms with Crippen molar-refractivity contribution < 1.29 is 23.9 Å². The van der Waals surface area contributed by atoms with Crippen LogP contribution in [0.1, 0.15) is 35.3 Å². The lowest BCUT2D eigenvalue weighted by Crippen LogP contribution is -2.30. The van der Waals surface area contributed by atoms with Crippen molar-refractivity contribution in [2.75, 3.05) is 20.3 Å². The molecule has 2 atom stereocenters. The summed E-state index contributed by atoms with van der Waals surface area (Å²) in [6, 6.07) is 16.1. The van der Waals surface area contributed by atoms with Gasteiger partial charge < -0.3 is 14.4 Å². The molecule has 1 fully saturated rings. The molecule has 0 saturated carbocycles. The Kier molecular flexibility index (Phi) is 6.09. The van der Waals surface area contributed by atoms with Gasteiger partial charge in [0.05, 0.1) is 19.1 Å². The van der Waals surface area contributed by atoms with Gasteiger partial charge in [-0.05, 0) is 36.8 Å². The SMILES string of the molecule is COc1ccc(C(=O)COC(=O)[C@@H]2CC(=O)N([C@@H](C)c3ccccc3)C2)cc1. The average Bonchev–Trinajstić information content (AvgIpc) is 3.13. The molecular formula is C22H23NO5. The Bertz CT molecular complexity index is 847. The Balaban J connectivity index is 1.55. The minimum Gasteiger partial charge on any atom is -0.497 e. The van der Waals surface area contributed by atoms with Gasteiger partial charge in [-0.1, -0.05) is 30.3 Å². The van der Waals surface area contributed by atoms with Gasteiger partial charge in [0.1, 0.15) is 5.75 Å². The summed E-state index contributed by atoms with van der Waals surface area (Å²) in [5.74, 6) is -0.805. The van der Waals surface area contributed by atoms with Crippen molar-refractivity contribution in [3.63, 3.8) is 0 Å². The van der Waals surface area contributed by atoms with Gasteiger partial charge in [0.25, 0.3) is 0 Å². The predicted octanol–water partition coefficient (Wildman–Crippen LogP) is 3.03. The number of amides is 1. The molecule has 0 radical (unpaired) electrons. The second-order valence-electron chi connectivity index (χ2n) is 6.79. The van der Waals surface area contributed by atoms with Gasteiger partial charge in [0.2, 0.25) is 5.91 Å². The van der Waals surface area contributed by atoms with Crippen LogP contribution in [0, 0.1) is 5.92 Å². The molecule has 0 N–H and O–H groups in total. The summed E-state index contributed by atoms with van der Waals surface area (Å²) in [6.07, 6.45) is 0.104. The maximum atomic E-state index is 12.4. The van der Waals surface area contributed by atoms with Crippen molar-refractivity contribution in [2.45, 2.75) is 19.4 Å².